The van der Waals surface area contributed by atoms with E-state index in [1.807, 2.05) is 12.1 Å². The molecule has 1 heterocycles. The number of hydrogen-bond acceptors (Lipinski definition) is 4. The standard InChI is InChI=1S/C19H25N3O2/c20-10-3-4-11-24-16-7-5-6-15(12-16)13-22-14-19(23)21-17-8-1-2-9-18(17)22/h5-7,12,17-18H,1-4,8-9,11,13-14H2,(H,21,23)/t17-,18+/m1/s1. The Kier molecular flexibility index (Phi) is 5.71. The predicted molar refractivity (Wildman–Crippen MR) is 91.4 cm³/mol. The zero-order valence-electron chi connectivity index (χ0n) is 14.0. The first-order chi connectivity index (χ1) is 11.8. The Labute approximate surface area is 143 Å². The third kappa shape index (κ3) is 4.27. The molecule has 2 aliphatic rings. The molecule has 0 radical (unpaired) electrons. The first-order valence-electron chi connectivity index (χ1n) is 8.88. The minimum atomic E-state index is 0.141. The molecule has 5 heteroatoms. The van der Waals surface area contributed by atoms with Gasteiger partial charge in [0.25, 0.3) is 0 Å². The van der Waals surface area contributed by atoms with Gasteiger partial charge in [0.1, 0.15) is 5.75 Å². The van der Waals surface area contributed by atoms with Crippen LogP contribution in [0.1, 0.15) is 44.1 Å². The molecule has 3 rings (SSSR count). The third-order valence-corrected chi connectivity index (χ3v) is 4.88. The van der Waals surface area contributed by atoms with Crippen LogP contribution in [0.5, 0.6) is 5.75 Å². The number of ether oxygens (including phenoxy) is 1. The minimum Gasteiger partial charge on any atom is -0.494 e. The van der Waals surface area contributed by atoms with Crippen molar-refractivity contribution in [2.24, 2.45) is 0 Å². The van der Waals surface area contributed by atoms with Crippen LogP contribution >= 0.6 is 0 Å². The topological polar surface area (TPSA) is 65.4 Å². The number of unbranched alkanes of at least 4 members (excludes halogenated alkanes) is 1. The number of benzene rings is 1. The molecule has 1 saturated carbocycles. The average molecular weight is 327 g/mol. The average Bonchev–Trinajstić information content (AvgIpc) is 2.59. The van der Waals surface area contributed by atoms with Gasteiger partial charge in [-0.1, -0.05) is 25.0 Å². The van der Waals surface area contributed by atoms with Crippen molar-refractivity contribution >= 4 is 5.91 Å². The number of hydrogen-bond donors (Lipinski definition) is 1. The smallest absolute Gasteiger partial charge is 0.234 e. The van der Waals surface area contributed by atoms with E-state index >= 15 is 0 Å². The molecule has 1 amide bonds. The number of carbonyl (C=O) groups excluding carboxylic acids is 1. The van der Waals surface area contributed by atoms with E-state index in [2.05, 4.69) is 28.4 Å². The van der Waals surface area contributed by atoms with E-state index in [0.717, 1.165) is 31.6 Å². The van der Waals surface area contributed by atoms with Crippen molar-refractivity contribution in [1.82, 2.24) is 10.2 Å². The third-order valence-electron chi connectivity index (χ3n) is 4.88. The molecule has 1 aromatic carbocycles. The van der Waals surface area contributed by atoms with Crippen molar-refractivity contribution in [3.8, 4) is 11.8 Å². The second kappa shape index (κ2) is 8.16. The number of nitrogens with zero attached hydrogens (tertiary/aromatic N) is 2. The summed E-state index contributed by atoms with van der Waals surface area (Å²) in [6.45, 7) is 1.83. The van der Waals surface area contributed by atoms with Crippen LogP contribution in [-0.4, -0.2) is 36.0 Å². The Morgan fingerprint density at radius 2 is 2.21 bits per heavy atom. The summed E-state index contributed by atoms with van der Waals surface area (Å²) in [7, 11) is 0. The zero-order chi connectivity index (χ0) is 16.8. The molecule has 1 aliphatic heterocycles. The largest absolute Gasteiger partial charge is 0.494 e. The van der Waals surface area contributed by atoms with Crippen LogP contribution in [-0.2, 0) is 11.3 Å². The van der Waals surface area contributed by atoms with E-state index in [4.69, 9.17) is 10.00 Å². The van der Waals surface area contributed by atoms with Crippen LogP contribution in [0.25, 0.3) is 0 Å². The molecule has 1 aliphatic carbocycles. The Balaban J connectivity index is 1.62. The summed E-state index contributed by atoms with van der Waals surface area (Å²) in [5.41, 5.74) is 1.17. The zero-order valence-corrected chi connectivity index (χ0v) is 14.0. The van der Waals surface area contributed by atoms with Crippen LogP contribution < -0.4 is 10.1 Å². The molecule has 24 heavy (non-hydrogen) atoms. The van der Waals surface area contributed by atoms with E-state index in [0.29, 0.717) is 31.7 Å². The van der Waals surface area contributed by atoms with Crippen molar-refractivity contribution < 1.29 is 9.53 Å². The van der Waals surface area contributed by atoms with Crippen LogP contribution in [0, 0.1) is 11.3 Å². The fourth-order valence-electron chi connectivity index (χ4n) is 3.75. The van der Waals surface area contributed by atoms with Gasteiger partial charge in [0.05, 0.1) is 19.2 Å². The van der Waals surface area contributed by atoms with Gasteiger partial charge in [-0.05, 0) is 37.0 Å². The molecule has 1 N–H and O–H groups in total. The Morgan fingerprint density at radius 1 is 1.33 bits per heavy atom. The van der Waals surface area contributed by atoms with Crippen molar-refractivity contribution in [1.29, 1.82) is 5.26 Å². The van der Waals surface area contributed by atoms with Gasteiger partial charge in [0.15, 0.2) is 0 Å². The summed E-state index contributed by atoms with van der Waals surface area (Å²) in [5.74, 6) is 0.981. The number of amides is 1. The lowest BCUT2D eigenvalue weighted by molar-refractivity contribution is -0.128. The van der Waals surface area contributed by atoms with Gasteiger partial charge in [-0.25, -0.2) is 0 Å². The lowest BCUT2D eigenvalue weighted by Gasteiger charge is -2.44. The monoisotopic (exact) mass is 327 g/mol. The van der Waals surface area contributed by atoms with Crippen molar-refractivity contribution in [3.05, 3.63) is 29.8 Å². The fraction of sp³-hybridized carbons (Fsp3) is 0.579. The number of carbonyl (C=O) groups is 1. The maximum atomic E-state index is 12.0. The van der Waals surface area contributed by atoms with Crippen LogP contribution in [0.15, 0.2) is 24.3 Å². The minimum absolute atomic E-state index is 0.141. The molecule has 0 bridgehead atoms. The van der Waals surface area contributed by atoms with E-state index in [1.54, 1.807) is 0 Å². The summed E-state index contributed by atoms with van der Waals surface area (Å²) in [4.78, 5) is 14.3. The molecule has 128 valence electrons. The van der Waals surface area contributed by atoms with Gasteiger partial charge in [-0.3, -0.25) is 9.69 Å². The van der Waals surface area contributed by atoms with Gasteiger partial charge in [-0.2, -0.15) is 5.26 Å². The summed E-state index contributed by atoms with van der Waals surface area (Å²) in [6, 6.07) is 11.0. The molecule has 0 aromatic heterocycles. The van der Waals surface area contributed by atoms with Crippen LogP contribution in [0.3, 0.4) is 0 Å². The van der Waals surface area contributed by atoms with Gasteiger partial charge in [0, 0.05) is 25.0 Å². The van der Waals surface area contributed by atoms with Crippen molar-refractivity contribution in [3.63, 3.8) is 0 Å². The summed E-state index contributed by atoms with van der Waals surface area (Å²) >= 11 is 0. The highest BCUT2D eigenvalue weighted by Gasteiger charge is 2.36. The molecule has 2 atom stereocenters. The molecule has 5 nitrogen and oxygen atoms in total. The van der Waals surface area contributed by atoms with E-state index in [1.165, 1.54) is 18.4 Å². The summed E-state index contributed by atoms with van der Waals surface area (Å²) in [6.07, 6.45) is 5.98. The molecule has 1 saturated heterocycles. The van der Waals surface area contributed by atoms with Crippen LogP contribution in [0.4, 0.5) is 0 Å². The fourth-order valence-corrected chi connectivity index (χ4v) is 3.75. The van der Waals surface area contributed by atoms with Crippen molar-refractivity contribution in [2.75, 3.05) is 13.2 Å². The quantitative estimate of drug-likeness (QED) is 0.816. The highest BCUT2D eigenvalue weighted by molar-refractivity contribution is 5.79. The number of nitriles is 1. The van der Waals surface area contributed by atoms with Gasteiger partial charge in [-0.15, -0.1) is 0 Å². The maximum Gasteiger partial charge on any atom is 0.234 e. The Morgan fingerprint density at radius 3 is 3.08 bits per heavy atom. The molecule has 0 unspecified atom stereocenters. The Hall–Kier alpha value is -2.06. The Bertz CT molecular complexity index is 611. The predicted octanol–water partition coefficient (Wildman–Crippen LogP) is 2.61. The van der Waals surface area contributed by atoms with E-state index in [-0.39, 0.29) is 5.91 Å². The van der Waals surface area contributed by atoms with Crippen molar-refractivity contribution in [2.45, 2.75) is 57.2 Å². The SMILES string of the molecule is N#CCCCOc1cccc(CN2CC(=O)N[C@@H]3CCCC[C@@H]32)c1. The number of piperazine rings is 1. The lowest BCUT2D eigenvalue weighted by Crippen LogP contribution is -2.61. The second-order valence-electron chi connectivity index (χ2n) is 6.69. The van der Waals surface area contributed by atoms with Gasteiger partial charge in [0.2, 0.25) is 5.91 Å². The summed E-state index contributed by atoms with van der Waals surface area (Å²) in [5, 5.41) is 11.7. The number of rotatable bonds is 6. The number of nitrogens with one attached hydrogen (secondary N) is 1. The van der Waals surface area contributed by atoms with Gasteiger partial charge < -0.3 is 10.1 Å². The number of fused-ring (bicyclic) bond motifs is 1. The first kappa shape index (κ1) is 16.8. The molecule has 2 fully saturated rings. The lowest BCUT2D eigenvalue weighted by atomic mass is 9.87. The maximum absolute atomic E-state index is 12.0. The normalized spacial score (nSPS) is 23.9. The van der Waals surface area contributed by atoms with Crippen LogP contribution in [0.2, 0.25) is 0 Å². The summed E-state index contributed by atoms with van der Waals surface area (Å²) < 4.78 is 5.72. The molecular weight excluding hydrogens is 302 g/mol. The van der Waals surface area contributed by atoms with Gasteiger partial charge >= 0.3 is 0 Å². The molecule has 0 spiro atoms. The highest BCUT2D eigenvalue weighted by Crippen LogP contribution is 2.27. The first-order valence-corrected chi connectivity index (χ1v) is 8.88. The van der Waals surface area contributed by atoms with E-state index in [9.17, 15) is 4.79 Å². The van der Waals surface area contributed by atoms with E-state index < -0.39 is 0 Å². The highest BCUT2D eigenvalue weighted by atomic mass is 16.5. The molecular formula is C19H25N3O2. The second-order valence-corrected chi connectivity index (χ2v) is 6.69. The molecule has 1 aromatic rings.